The van der Waals surface area contributed by atoms with Gasteiger partial charge in [-0.1, -0.05) is 6.92 Å². The van der Waals surface area contributed by atoms with Gasteiger partial charge in [0.15, 0.2) is 0 Å². The van der Waals surface area contributed by atoms with Crippen molar-refractivity contribution in [2.45, 2.75) is 26.2 Å². The zero-order chi connectivity index (χ0) is 11.8. The summed E-state index contributed by atoms with van der Waals surface area (Å²) < 4.78 is 0. The van der Waals surface area contributed by atoms with Gasteiger partial charge in [0.25, 0.3) is 0 Å². The van der Waals surface area contributed by atoms with Crippen molar-refractivity contribution in [3.63, 3.8) is 0 Å². The number of carbonyl (C=O) groups is 1. The molecule has 1 aliphatic heterocycles. The van der Waals surface area contributed by atoms with Gasteiger partial charge in [-0.25, -0.2) is 0 Å². The third-order valence-electron chi connectivity index (χ3n) is 3.76. The monoisotopic (exact) mass is 230 g/mol. The van der Waals surface area contributed by atoms with E-state index in [1.807, 2.05) is 6.07 Å². The molecular weight excluding hydrogens is 212 g/mol. The maximum Gasteiger partial charge on any atom is 0.227 e. The Labute approximate surface area is 102 Å². The smallest absolute Gasteiger partial charge is 0.227 e. The molecule has 2 atom stereocenters. The highest BCUT2D eigenvalue weighted by Crippen LogP contribution is 2.38. The van der Waals surface area contributed by atoms with E-state index in [1.54, 1.807) is 0 Å². The Morgan fingerprint density at radius 2 is 2.29 bits per heavy atom. The molecule has 0 bridgehead atoms. The zero-order valence-electron chi connectivity index (χ0n) is 10.1. The van der Waals surface area contributed by atoms with Gasteiger partial charge in [-0.3, -0.25) is 4.79 Å². The molecule has 1 heterocycles. The van der Waals surface area contributed by atoms with Gasteiger partial charge < -0.3 is 10.6 Å². The van der Waals surface area contributed by atoms with E-state index in [-0.39, 0.29) is 11.8 Å². The van der Waals surface area contributed by atoms with Crippen molar-refractivity contribution < 1.29 is 4.79 Å². The van der Waals surface area contributed by atoms with Gasteiger partial charge in [-0.05, 0) is 48.9 Å². The van der Waals surface area contributed by atoms with Crippen molar-refractivity contribution in [1.82, 2.24) is 0 Å². The van der Waals surface area contributed by atoms with E-state index in [1.165, 1.54) is 17.7 Å². The van der Waals surface area contributed by atoms with Gasteiger partial charge in [0.05, 0.1) is 0 Å². The molecule has 0 saturated heterocycles. The number of hydrogen-bond donors (Lipinski definition) is 2. The molecule has 3 nitrogen and oxygen atoms in total. The van der Waals surface area contributed by atoms with E-state index in [9.17, 15) is 4.79 Å². The molecular formula is C14H18N2O. The molecule has 1 aromatic rings. The predicted octanol–water partition coefficient (Wildman–Crippen LogP) is 2.64. The fourth-order valence-electron chi connectivity index (χ4n) is 2.48. The number of aryl methyl sites for hydroxylation is 1. The molecule has 90 valence electrons. The molecule has 2 aliphatic rings. The molecule has 0 aromatic heterocycles. The van der Waals surface area contributed by atoms with Crippen LogP contribution < -0.4 is 10.6 Å². The minimum Gasteiger partial charge on any atom is -0.385 e. The number of hydrogen-bond acceptors (Lipinski definition) is 2. The third-order valence-corrected chi connectivity index (χ3v) is 3.76. The van der Waals surface area contributed by atoms with Crippen molar-refractivity contribution >= 4 is 17.3 Å². The SMILES string of the molecule is CC1CC1C(=O)Nc1ccc2c(c1)CCCN2. The van der Waals surface area contributed by atoms with E-state index in [4.69, 9.17) is 0 Å². The summed E-state index contributed by atoms with van der Waals surface area (Å²) >= 11 is 0. The molecule has 1 amide bonds. The van der Waals surface area contributed by atoms with Crippen LogP contribution in [0.3, 0.4) is 0 Å². The molecule has 0 radical (unpaired) electrons. The molecule has 2 N–H and O–H groups in total. The van der Waals surface area contributed by atoms with Crippen LogP contribution in [0.25, 0.3) is 0 Å². The molecule has 3 rings (SSSR count). The van der Waals surface area contributed by atoms with E-state index in [0.717, 1.165) is 25.1 Å². The van der Waals surface area contributed by atoms with Crippen molar-refractivity contribution in [3.8, 4) is 0 Å². The summed E-state index contributed by atoms with van der Waals surface area (Å²) in [6.45, 7) is 3.18. The van der Waals surface area contributed by atoms with Crippen molar-refractivity contribution in [2.75, 3.05) is 17.2 Å². The second kappa shape index (κ2) is 4.06. The maximum absolute atomic E-state index is 11.8. The van der Waals surface area contributed by atoms with Gasteiger partial charge in [0.1, 0.15) is 0 Å². The summed E-state index contributed by atoms with van der Waals surface area (Å²) in [4.78, 5) is 11.8. The van der Waals surface area contributed by atoms with Crippen LogP contribution >= 0.6 is 0 Å². The van der Waals surface area contributed by atoms with Crippen molar-refractivity contribution in [3.05, 3.63) is 23.8 Å². The van der Waals surface area contributed by atoms with Gasteiger partial charge in [-0.15, -0.1) is 0 Å². The Morgan fingerprint density at radius 1 is 1.47 bits per heavy atom. The molecule has 1 saturated carbocycles. The average molecular weight is 230 g/mol. The lowest BCUT2D eigenvalue weighted by atomic mass is 10.0. The third kappa shape index (κ3) is 2.14. The number of anilines is 2. The molecule has 0 spiro atoms. The van der Waals surface area contributed by atoms with Gasteiger partial charge in [0.2, 0.25) is 5.91 Å². The van der Waals surface area contributed by atoms with Crippen LogP contribution in [0.1, 0.15) is 25.3 Å². The second-order valence-corrected chi connectivity index (χ2v) is 5.21. The van der Waals surface area contributed by atoms with Crippen LogP contribution in [-0.4, -0.2) is 12.5 Å². The van der Waals surface area contributed by atoms with Crippen LogP contribution in [-0.2, 0) is 11.2 Å². The van der Waals surface area contributed by atoms with Gasteiger partial charge >= 0.3 is 0 Å². The average Bonchev–Trinajstić information content (AvgIpc) is 3.06. The molecule has 1 aromatic carbocycles. The number of rotatable bonds is 2. The lowest BCUT2D eigenvalue weighted by Gasteiger charge is -2.18. The first-order chi connectivity index (χ1) is 8.24. The van der Waals surface area contributed by atoms with Crippen molar-refractivity contribution in [1.29, 1.82) is 0 Å². The fourth-order valence-corrected chi connectivity index (χ4v) is 2.48. The Bertz CT molecular complexity index is 456. The Balaban J connectivity index is 1.73. The van der Waals surface area contributed by atoms with E-state index in [0.29, 0.717) is 5.92 Å². The molecule has 1 aliphatic carbocycles. The highest BCUT2D eigenvalue weighted by Gasteiger charge is 2.39. The second-order valence-electron chi connectivity index (χ2n) is 5.21. The van der Waals surface area contributed by atoms with Crippen LogP contribution in [0.4, 0.5) is 11.4 Å². The summed E-state index contributed by atoms with van der Waals surface area (Å²) in [5.41, 5.74) is 3.48. The lowest BCUT2D eigenvalue weighted by Crippen LogP contribution is -2.16. The summed E-state index contributed by atoms with van der Waals surface area (Å²) in [5, 5.41) is 6.39. The Hall–Kier alpha value is -1.51. The first-order valence-corrected chi connectivity index (χ1v) is 6.42. The summed E-state index contributed by atoms with van der Waals surface area (Å²) in [6.07, 6.45) is 3.31. The first-order valence-electron chi connectivity index (χ1n) is 6.42. The summed E-state index contributed by atoms with van der Waals surface area (Å²) in [6, 6.07) is 6.16. The molecule has 1 fully saturated rings. The van der Waals surface area contributed by atoms with Gasteiger partial charge in [-0.2, -0.15) is 0 Å². The first kappa shape index (κ1) is 10.6. The Morgan fingerprint density at radius 3 is 3.06 bits per heavy atom. The van der Waals surface area contributed by atoms with E-state index in [2.05, 4.69) is 29.7 Å². The van der Waals surface area contributed by atoms with Crippen LogP contribution in [0.15, 0.2) is 18.2 Å². The minimum absolute atomic E-state index is 0.182. The lowest BCUT2D eigenvalue weighted by molar-refractivity contribution is -0.117. The quantitative estimate of drug-likeness (QED) is 0.820. The highest BCUT2D eigenvalue weighted by molar-refractivity contribution is 5.94. The van der Waals surface area contributed by atoms with E-state index < -0.39 is 0 Å². The molecule has 3 heteroatoms. The number of nitrogens with one attached hydrogen (secondary N) is 2. The van der Waals surface area contributed by atoms with E-state index >= 15 is 0 Å². The standard InChI is InChI=1S/C14H18N2O/c1-9-7-12(9)14(17)16-11-4-5-13-10(8-11)3-2-6-15-13/h4-5,8-9,12,15H,2-3,6-7H2,1H3,(H,16,17). The minimum atomic E-state index is 0.182. The number of amides is 1. The normalized spacial score (nSPS) is 25.7. The number of fused-ring (bicyclic) bond motifs is 1. The maximum atomic E-state index is 11.8. The van der Waals surface area contributed by atoms with Crippen LogP contribution in [0, 0.1) is 11.8 Å². The van der Waals surface area contributed by atoms with Crippen LogP contribution in [0.2, 0.25) is 0 Å². The Kier molecular flexibility index (Phi) is 2.54. The molecule has 17 heavy (non-hydrogen) atoms. The van der Waals surface area contributed by atoms with Gasteiger partial charge in [0, 0.05) is 23.8 Å². The zero-order valence-corrected chi connectivity index (χ0v) is 10.1. The van der Waals surface area contributed by atoms with Crippen molar-refractivity contribution in [2.24, 2.45) is 11.8 Å². The predicted molar refractivity (Wildman–Crippen MR) is 69.2 cm³/mol. The highest BCUT2D eigenvalue weighted by atomic mass is 16.2. The number of benzene rings is 1. The number of carbonyl (C=O) groups excluding carboxylic acids is 1. The molecule has 2 unspecified atom stereocenters. The summed E-state index contributed by atoms with van der Waals surface area (Å²) in [7, 11) is 0. The largest absolute Gasteiger partial charge is 0.385 e. The summed E-state index contributed by atoms with van der Waals surface area (Å²) in [5.74, 6) is 0.986. The topological polar surface area (TPSA) is 41.1 Å². The van der Waals surface area contributed by atoms with Crippen LogP contribution in [0.5, 0.6) is 0 Å². The fraction of sp³-hybridized carbons (Fsp3) is 0.500.